The van der Waals surface area contributed by atoms with Crippen molar-refractivity contribution in [3.05, 3.63) is 38.0 Å². The van der Waals surface area contributed by atoms with Crippen LogP contribution in [0.3, 0.4) is 0 Å². The van der Waals surface area contributed by atoms with Crippen molar-refractivity contribution in [2.24, 2.45) is 11.3 Å². The molecule has 0 aliphatic carbocycles. The Morgan fingerprint density at radius 2 is 1.23 bits per heavy atom. The van der Waals surface area contributed by atoms with Gasteiger partial charge in [-0.05, 0) is 30.6 Å². The van der Waals surface area contributed by atoms with Crippen LogP contribution in [0.2, 0.25) is 0 Å². The summed E-state index contributed by atoms with van der Waals surface area (Å²) >= 11 is 0. The summed E-state index contributed by atoms with van der Waals surface area (Å²) in [7, 11) is 0. The van der Waals surface area contributed by atoms with E-state index in [9.17, 15) is 0 Å². The lowest BCUT2D eigenvalue weighted by atomic mass is 9.70. The average Bonchev–Trinajstić information content (AvgIpc) is 2.05. The quantitative estimate of drug-likeness (QED) is 0.508. The van der Waals surface area contributed by atoms with Gasteiger partial charge in [0, 0.05) is 0 Å². The van der Waals surface area contributed by atoms with Crippen LogP contribution in [0.1, 0.15) is 33.1 Å². The van der Waals surface area contributed by atoms with Crippen molar-refractivity contribution in [2.45, 2.75) is 33.1 Å². The molecule has 0 aromatic heterocycles. The number of rotatable bonds is 7. The lowest BCUT2D eigenvalue weighted by molar-refractivity contribution is 0.197. The highest BCUT2D eigenvalue weighted by Gasteiger charge is 2.29. The average molecular weight is 178 g/mol. The zero-order valence-corrected chi connectivity index (χ0v) is 9.05. The van der Waals surface area contributed by atoms with E-state index in [4.69, 9.17) is 0 Å². The fraction of sp³-hybridized carbons (Fsp3) is 0.538. The Balaban J connectivity index is 4.65. The van der Waals surface area contributed by atoms with E-state index in [1.165, 1.54) is 0 Å². The molecule has 0 heteroatoms. The highest BCUT2D eigenvalue weighted by molar-refractivity contribution is 4.97. The van der Waals surface area contributed by atoms with E-state index in [0.717, 1.165) is 19.3 Å². The van der Waals surface area contributed by atoms with Crippen LogP contribution in [0, 0.1) is 11.3 Å². The van der Waals surface area contributed by atoms with Crippen molar-refractivity contribution >= 4 is 0 Å². The molecule has 0 unspecified atom stereocenters. The normalized spacial score (nSPS) is 11.3. The molecule has 0 atom stereocenters. The zero-order valence-electron chi connectivity index (χ0n) is 9.05. The molecule has 74 valence electrons. The van der Waals surface area contributed by atoms with Crippen LogP contribution in [-0.2, 0) is 0 Å². The Morgan fingerprint density at radius 3 is 1.38 bits per heavy atom. The Kier molecular flexibility index (Phi) is 5.45. The van der Waals surface area contributed by atoms with Crippen molar-refractivity contribution in [2.75, 3.05) is 0 Å². The van der Waals surface area contributed by atoms with Gasteiger partial charge >= 0.3 is 0 Å². The zero-order chi connectivity index (χ0) is 10.3. The Labute approximate surface area is 83.0 Å². The smallest absolute Gasteiger partial charge is 0.0171 e. The lowest BCUT2D eigenvalue weighted by Gasteiger charge is -2.35. The number of allylic oxidation sites excluding steroid dienone is 3. The van der Waals surface area contributed by atoms with Crippen molar-refractivity contribution in [1.82, 2.24) is 0 Å². The molecule has 0 radical (unpaired) electrons. The summed E-state index contributed by atoms with van der Waals surface area (Å²) in [5.41, 5.74) is 0.297. The highest BCUT2D eigenvalue weighted by Crippen LogP contribution is 2.39. The highest BCUT2D eigenvalue weighted by atomic mass is 14.3. The third-order valence-corrected chi connectivity index (χ3v) is 2.88. The molecule has 0 saturated carbocycles. The molecular formula is C13H22. The van der Waals surface area contributed by atoms with Crippen LogP contribution in [0.15, 0.2) is 38.0 Å². The molecule has 0 nitrogen and oxygen atoms in total. The van der Waals surface area contributed by atoms with E-state index in [1.807, 2.05) is 18.2 Å². The van der Waals surface area contributed by atoms with Crippen LogP contribution in [0.5, 0.6) is 0 Å². The maximum atomic E-state index is 3.82. The summed E-state index contributed by atoms with van der Waals surface area (Å²) in [6.45, 7) is 16.0. The topological polar surface area (TPSA) is 0 Å². The van der Waals surface area contributed by atoms with Gasteiger partial charge < -0.3 is 0 Å². The molecule has 0 N–H and O–H groups in total. The standard InChI is InChI=1S/C13H22/c1-6-9-13(10-7-2,11-8-3)12(4)5/h6-8,12H,1-3,9-11H2,4-5H3. The Morgan fingerprint density at radius 1 is 0.923 bits per heavy atom. The first-order valence-electron chi connectivity index (χ1n) is 4.95. The molecule has 0 rings (SSSR count). The minimum absolute atomic E-state index is 0.297. The lowest BCUT2D eigenvalue weighted by Crippen LogP contribution is -2.25. The molecule has 0 heterocycles. The first-order chi connectivity index (χ1) is 6.13. The Bertz CT molecular complexity index is 148. The molecule has 0 amide bonds. The van der Waals surface area contributed by atoms with Gasteiger partial charge in [-0.3, -0.25) is 0 Å². The van der Waals surface area contributed by atoms with Crippen LogP contribution in [0.25, 0.3) is 0 Å². The van der Waals surface area contributed by atoms with Crippen LogP contribution < -0.4 is 0 Å². The molecule has 13 heavy (non-hydrogen) atoms. The SMILES string of the molecule is C=CCC(CC=C)(CC=C)C(C)C. The summed E-state index contributed by atoms with van der Waals surface area (Å²) in [5, 5.41) is 0. The van der Waals surface area contributed by atoms with Gasteiger partial charge in [0.1, 0.15) is 0 Å². The van der Waals surface area contributed by atoms with Crippen molar-refractivity contribution in [1.29, 1.82) is 0 Å². The van der Waals surface area contributed by atoms with Crippen molar-refractivity contribution in [3.63, 3.8) is 0 Å². The summed E-state index contributed by atoms with van der Waals surface area (Å²) in [4.78, 5) is 0. The molecule has 0 aromatic rings. The molecule has 0 aliphatic rings. The molecular weight excluding hydrogens is 156 g/mol. The van der Waals surface area contributed by atoms with Gasteiger partial charge in [0.15, 0.2) is 0 Å². The summed E-state index contributed by atoms with van der Waals surface area (Å²) in [6, 6.07) is 0. The van der Waals surface area contributed by atoms with Crippen LogP contribution in [-0.4, -0.2) is 0 Å². The van der Waals surface area contributed by atoms with Gasteiger partial charge in [0.25, 0.3) is 0 Å². The van der Waals surface area contributed by atoms with Gasteiger partial charge in [-0.2, -0.15) is 0 Å². The summed E-state index contributed by atoms with van der Waals surface area (Å²) in [6.07, 6.45) is 9.15. The van der Waals surface area contributed by atoms with E-state index in [0.29, 0.717) is 11.3 Å². The number of hydrogen-bond donors (Lipinski definition) is 0. The minimum Gasteiger partial charge on any atom is -0.103 e. The molecule has 0 bridgehead atoms. The second kappa shape index (κ2) is 5.80. The third-order valence-electron chi connectivity index (χ3n) is 2.88. The van der Waals surface area contributed by atoms with Gasteiger partial charge in [0.05, 0.1) is 0 Å². The first-order valence-corrected chi connectivity index (χ1v) is 4.95. The fourth-order valence-corrected chi connectivity index (χ4v) is 1.82. The second-order valence-corrected chi connectivity index (χ2v) is 4.00. The van der Waals surface area contributed by atoms with Crippen LogP contribution >= 0.6 is 0 Å². The molecule has 0 aliphatic heterocycles. The molecule has 0 aromatic carbocycles. The molecule has 0 fully saturated rings. The van der Waals surface area contributed by atoms with E-state index in [-0.39, 0.29) is 0 Å². The van der Waals surface area contributed by atoms with Gasteiger partial charge in [-0.1, -0.05) is 32.1 Å². The molecule has 0 spiro atoms. The van der Waals surface area contributed by atoms with E-state index in [2.05, 4.69) is 33.6 Å². The predicted molar refractivity (Wildman–Crippen MR) is 61.7 cm³/mol. The van der Waals surface area contributed by atoms with E-state index >= 15 is 0 Å². The predicted octanol–water partition coefficient (Wildman–Crippen LogP) is 4.36. The number of hydrogen-bond acceptors (Lipinski definition) is 0. The largest absolute Gasteiger partial charge is 0.103 e. The first kappa shape index (κ1) is 12.2. The van der Waals surface area contributed by atoms with Gasteiger partial charge in [0.2, 0.25) is 0 Å². The summed E-state index contributed by atoms with van der Waals surface area (Å²) < 4.78 is 0. The monoisotopic (exact) mass is 178 g/mol. The van der Waals surface area contributed by atoms with E-state index in [1.54, 1.807) is 0 Å². The van der Waals surface area contributed by atoms with Crippen molar-refractivity contribution in [3.8, 4) is 0 Å². The summed E-state index contributed by atoms with van der Waals surface area (Å²) in [5.74, 6) is 0.640. The third kappa shape index (κ3) is 3.22. The van der Waals surface area contributed by atoms with Gasteiger partial charge in [-0.25, -0.2) is 0 Å². The second-order valence-electron chi connectivity index (χ2n) is 4.00. The van der Waals surface area contributed by atoms with Gasteiger partial charge in [-0.15, -0.1) is 19.7 Å². The minimum atomic E-state index is 0.297. The van der Waals surface area contributed by atoms with E-state index < -0.39 is 0 Å². The molecule has 0 saturated heterocycles. The Hall–Kier alpha value is -0.780. The fourth-order valence-electron chi connectivity index (χ4n) is 1.82. The maximum Gasteiger partial charge on any atom is -0.0171 e. The van der Waals surface area contributed by atoms with Crippen molar-refractivity contribution < 1.29 is 0 Å². The van der Waals surface area contributed by atoms with Crippen LogP contribution in [0.4, 0.5) is 0 Å². The maximum absolute atomic E-state index is 3.82.